The Balaban J connectivity index is 1.66. The van der Waals surface area contributed by atoms with E-state index in [1.807, 2.05) is 12.1 Å². The van der Waals surface area contributed by atoms with Gasteiger partial charge >= 0.3 is 0 Å². The Morgan fingerprint density at radius 2 is 1.56 bits per heavy atom. The predicted molar refractivity (Wildman–Crippen MR) is 109 cm³/mol. The molecule has 1 N–H and O–H groups in total. The molecule has 3 nitrogen and oxygen atoms in total. The van der Waals surface area contributed by atoms with E-state index in [2.05, 4.69) is 62.3 Å². The molecule has 1 saturated carbocycles. The quantitative estimate of drug-likeness (QED) is 0.847. The minimum absolute atomic E-state index is 0.0147. The van der Waals surface area contributed by atoms with Crippen LogP contribution in [0.4, 0.5) is 4.39 Å². The highest BCUT2D eigenvalue weighted by molar-refractivity contribution is 5.83. The second-order valence-electron chi connectivity index (χ2n) is 8.95. The van der Waals surface area contributed by atoms with E-state index in [1.54, 1.807) is 0 Å². The van der Waals surface area contributed by atoms with Crippen molar-refractivity contribution in [3.05, 3.63) is 59.9 Å². The van der Waals surface area contributed by atoms with E-state index in [-0.39, 0.29) is 16.9 Å². The summed E-state index contributed by atoms with van der Waals surface area (Å²) >= 11 is 0. The molecule has 1 atom stereocenters. The molecule has 2 aliphatic rings. The number of rotatable bonds is 3. The lowest BCUT2D eigenvalue weighted by Gasteiger charge is -2.28. The smallest absolute Gasteiger partial charge is 0.195 e. The van der Waals surface area contributed by atoms with Crippen LogP contribution in [0.25, 0.3) is 11.1 Å². The van der Waals surface area contributed by atoms with Gasteiger partial charge in [0.05, 0.1) is 6.54 Å². The van der Waals surface area contributed by atoms with Gasteiger partial charge in [0.2, 0.25) is 0 Å². The predicted octanol–water partition coefficient (Wildman–Crippen LogP) is 4.79. The lowest BCUT2D eigenvalue weighted by Crippen LogP contribution is -2.46. The number of nitrogens with one attached hydrogen (secondary N) is 1. The van der Waals surface area contributed by atoms with Gasteiger partial charge in [-0.3, -0.25) is 0 Å². The second kappa shape index (κ2) is 6.36. The van der Waals surface area contributed by atoms with Crippen LogP contribution in [0.1, 0.15) is 39.2 Å². The van der Waals surface area contributed by atoms with Crippen LogP contribution < -0.4 is 5.32 Å². The lowest BCUT2D eigenvalue weighted by atomic mass is 9.85. The van der Waals surface area contributed by atoms with Crippen molar-refractivity contribution in [2.45, 2.75) is 44.7 Å². The van der Waals surface area contributed by atoms with Crippen LogP contribution >= 0.6 is 0 Å². The van der Waals surface area contributed by atoms with Gasteiger partial charge in [0.25, 0.3) is 0 Å². The highest BCUT2D eigenvalue weighted by atomic mass is 19.1. The summed E-state index contributed by atoms with van der Waals surface area (Å²) in [6, 6.07) is 15.4. The van der Waals surface area contributed by atoms with E-state index < -0.39 is 0 Å². The monoisotopic (exact) mass is 365 g/mol. The number of aliphatic imine (C=N–C) groups is 1. The number of halogens is 1. The number of hydrogen-bond donors (Lipinski definition) is 1. The molecular formula is C23H28FN3. The molecule has 2 aromatic carbocycles. The van der Waals surface area contributed by atoms with Crippen molar-refractivity contribution in [2.75, 3.05) is 13.6 Å². The van der Waals surface area contributed by atoms with Gasteiger partial charge in [-0.15, -0.1) is 0 Å². The van der Waals surface area contributed by atoms with E-state index in [9.17, 15) is 4.39 Å². The molecule has 1 heterocycles. The maximum absolute atomic E-state index is 13.2. The van der Waals surface area contributed by atoms with Crippen LogP contribution in [0, 0.1) is 11.7 Å². The molecule has 0 saturated heterocycles. The fraction of sp³-hybridized carbons (Fsp3) is 0.435. The summed E-state index contributed by atoms with van der Waals surface area (Å²) in [5, 5.41) is 3.56. The maximum atomic E-state index is 13.2. The van der Waals surface area contributed by atoms with Crippen molar-refractivity contribution in [1.82, 2.24) is 10.2 Å². The molecule has 0 radical (unpaired) electrons. The summed E-state index contributed by atoms with van der Waals surface area (Å²) in [7, 11) is 2.12. The van der Waals surface area contributed by atoms with Crippen LogP contribution in [0.2, 0.25) is 0 Å². The molecule has 1 aliphatic carbocycles. The summed E-state index contributed by atoms with van der Waals surface area (Å²) in [4.78, 5) is 7.46. The van der Waals surface area contributed by atoms with Crippen molar-refractivity contribution in [1.29, 1.82) is 0 Å². The molecule has 0 bridgehead atoms. The van der Waals surface area contributed by atoms with Crippen molar-refractivity contribution in [3.8, 4) is 11.1 Å². The third-order valence-electron chi connectivity index (χ3n) is 5.45. The van der Waals surface area contributed by atoms with Crippen LogP contribution in [0.5, 0.6) is 0 Å². The normalized spacial score (nSPS) is 22.7. The molecule has 0 spiro atoms. The fourth-order valence-corrected chi connectivity index (χ4v) is 3.97. The molecular weight excluding hydrogens is 337 g/mol. The van der Waals surface area contributed by atoms with Crippen LogP contribution in [-0.4, -0.2) is 30.0 Å². The largest absolute Gasteiger partial charge is 0.352 e. The van der Waals surface area contributed by atoms with Crippen LogP contribution in [0.3, 0.4) is 0 Å². The van der Waals surface area contributed by atoms with E-state index in [0.717, 1.165) is 23.6 Å². The second-order valence-corrected chi connectivity index (χ2v) is 8.95. The van der Waals surface area contributed by atoms with Gasteiger partial charge in [0.15, 0.2) is 5.96 Å². The third-order valence-corrected chi connectivity index (χ3v) is 5.45. The maximum Gasteiger partial charge on any atom is 0.195 e. The van der Waals surface area contributed by atoms with Crippen LogP contribution in [-0.2, 0) is 5.54 Å². The summed E-state index contributed by atoms with van der Waals surface area (Å²) in [5.74, 6) is 1.39. The molecule has 1 aliphatic heterocycles. The first-order valence-electron chi connectivity index (χ1n) is 9.72. The van der Waals surface area contributed by atoms with Crippen molar-refractivity contribution >= 4 is 5.96 Å². The highest BCUT2D eigenvalue weighted by Crippen LogP contribution is 2.51. The number of hydrogen-bond acceptors (Lipinski definition) is 3. The summed E-state index contributed by atoms with van der Waals surface area (Å²) in [5.41, 5.74) is 3.23. The van der Waals surface area contributed by atoms with E-state index in [0.29, 0.717) is 5.92 Å². The Labute approximate surface area is 161 Å². The zero-order valence-corrected chi connectivity index (χ0v) is 16.6. The van der Waals surface area contributed by atoms with Crippen molar-refractivity contribution in [2.24, 2.45) is 10.9 Å². The Kier molecular flexibility index (Phi) is 4.25. The van der Waals surface area contributed by atoms with Gasteiger partial charge in [-0.1, -0.05) is 36.4 Å². The Bertz CT molecular complexity index is 845. The molecule has 1 fully saturated rings. The first-order chi connectivity index (χ1) is 12.8. The Morgan fingerprint density at radius 3 is 2.07 bits per heavy atom. The molecule has 2 aromatic rings. The Morgan fingerprint density at radius 1 is 1.00 bits per heavy atom. The van der Waals surface area contributed by atoms with Gasteiger partial charge < -0.3 is 10.2 Å². The summed E-state index contributed by atoms with van der Waals surface area (Å²) < 4.78 is 13.2. The SMILES string of the molecule is CN1CC(c2ccc(-c3ccc(F)cc3)cc2)(C2CC2)N=C1NC(C)(C)C. The zero-order valence-electron chi connectivity index (χ0n) is 16.6. The lowest BCUT2D eigenvalue weighted by molar-refractivity contribution is 0.337. The molecule has 142 valence electrons. The minimum Gasteiger partial charge on any atom is -0.352 e. The van der Waals surface area contributed by atoms with Gasteiger partial charge in [0, 0.05) is 12.6 Å². The number of nitrogens with zero attached hydrogens (tertiary/aromatic N) is 2. The summed E-state index contributed by atoms with van der Waals surface area (Å²) in [6.45, 7) is 7.40. The van der Waals surface area contributed by atoms with Gasteiger partial charge in [-0.2, -0.15) is 0 Å². The molecule has 4 heteroatoms. The first kappa shape index (κ1) is 18.0. The fourth-order valence-electron chi connectivity index (χ4n) is 3.97. The molecule has 4 rings (SSSR count). The number of likely N-dealkylation sites (N-methyl/N-ethyl adjacent to an activating group) is 1. The first-order valence-corrected chi connectivity index (χ1v) is 9.72. The number of benzene rings is 2. The summed E-state index contributed by atoms with van der Waals surface area (Å²) in [6.07, 6.45) is 2.47. The third kappa shape index (κ3) is 3.58. The van der Waals surface area contributed by atoms with Gasteiger partial charge in [-0.05, 0) is 68.4 Å². The molecule has 0 amide bonds. The average Bonchev–Trinajstić information content (AvgIpc) is 3.41. The minimum atomic E-state index is -0.203. The van der Waals surface area contributed by atoms with Gasteiger partial charge in [0.1, 0.15) is 11.4 Å². The van der Waals surface area contributed by atoms with E-state index in [4.69, 9.17) is 4.99 Å². The van der Waals surface area contributed by atoms with E-state index >= 15 is 0 Å². The van der Waals surface area contributed by atoms with Crippen molar-refractivity contribution < 1.29 is 4.39 Å². The van der Waals surface area contributed by atoms with Gasteiger partial charge in [-0.25, -0.2) is 9.38 Å². The average molecular weight is 365 g/mol. The number of guanidine groups is 1. The topological polar surface area (TPSA) is 27.6 Å². The standard InChI is InChI=1S/C23H28FN3/c1-22(2,3)25-21-26-23(15-27(21)4,19-11-12-19)18-9-5-16(6-10-18)17-7-13-20(24)14-8-17/h5-10,13-14,19H,11-12,15H2,1-4H3,(H,25,26). The van der Waals surface area contributed by atoms with E-state index in [1.165, 1.54) is 30.5 Å². The highest BCUT2D eigenvalue weighted by Gasteiger charge is 2.51. The zero-order chi connectivity index (χ0) is 19.2. The van der Waals surface area contributed by atoms with Crippen LogP contribution in [0.15, 0.2) is 53.5 Å². The molecule has 1 unspecified atom stereocenters. The molecule has 0 aromatic heterocycles. The Hall–Kier alpha value is -2.36. The van der Waals surface area contributed by atoms with Crippen molar-refractivity contribution in [3.63, 3.8) is 0 Å². The molecule has 27 heavy (non-hydrogen) atoms.